The molecule has 1 aromatic carbocycles. The number of halogens is 1. The Kier molecular flexibility index (Phi) is 3.62. The number of rotatable bonds is 4. The maximum atomic E-state index is 13.5. The van der Waals surface area contributed by atoms with Crippen LogP contribution < -0.4 is 0 Å². The molecule has 92 valence electrons. The number of aliphatic carboxylic acids is 1. The summed E-state index contributed by atoms with van der Waals surface area (Å²) >= 11 is 0. The second-order valence-electron chi connectivity index (χ2n) is 3.82. The molecule has 0 radical (unpaired) electrons. The zero-order chi connectivity index (χ0) is 13.0. The smallest absolute Gasteiger partial charge is 0.312 e. The van der Waals surface area contributed by atoms with Crippen LogP contribution in [0.2, 0.25) is 0 Å². The van der Waals surface area contributed by atoms with E-state index in [1.807, 2.05) is 0 Å². The lowest BCUT2D eigenvalue weighted by molar-refractivity contribution is -0.138. The van der Waals surface area contributed by atoms with Crippen molar-refractivity contribution < 1.29 is 14.3 Å². The molecule has 4 nitrogen and oxygen atoms in total. The van der Waals surface area contributed by atoms with E-state index in [0.717, 1.165) is 0 Å². The molecule has 1 unspecified atom stereocenters. The van der Waals surface area contributed by atoms with Gasteiger partial charge in [-0.25, -0.2) is 4.39 Å². The molecule has 1 atom stereocenters. The van der Waals surface area contributed by atoms with Gasteiger partial charge in [0.15, 0.2) is 0 Å². The van der Waals surface area contributed by atoms with Gasteiger partial charge < -0.3 is 5.11 Å². The second kappa shape index (κ2) is 5.35. The van der Waals surface area contributed by atoms with Gasteiger partial charge in [-0.3, -0.25) is 14.8 Å². The number of carbonyl (C=O) groups is 1. The molecule has 0 amide bonds. The number of carboxylic acid groups (broad SMARTS) is 1. The number of carboxylic acids is 1. The van der Waals surface area contributed by atoms with Gasteiger partial charge in [0, 0.05) is 18.6 Å². The monoisotopic (exact) mass is 246 g/mol. The van der Waals surface area contributed by atoms with Crippen LogP contribution in [0.15, 0.2) is 42.9 Å². The Morgan fingerprint density at radius 1 is 1.33 bits per heavy atom. The van der Waals surface area contributed by atoms with Gasteiger partial charge in [-0.2, -0.15) is 0 Å². The van der Waals surface area contributed by atoms with Gasteiger partial charge in [-0.05, 0) is 18.1 Å². The fourth-order valence-corrected chi connectivity index (χ4v) is 1.69. The molecule has 0 aliphatic carbocycles. The number of nitrogens with zero attached hydrogens (tertiary/aromatic N) is 2. The van der Waals surface area contributed by atoms with E-state index >= 15 is 0 Å². The summed E-state index contributed by atoms with van der Waals surface area (Å²) in [4.78, 5) is 19.0. The van der Waals surface area contributed by atoms with Crippen molar-refractivity contribution in [2.45, 2.75) is 12.3 Å². The average Bonchev–Trinajstić information content (AvgIpc) is 2.38. The fourth-order valence-electron chi connectivity index (χ4n) is 1.69. The standard InChI is InChI=1S/C13H11FN2O2/c14-11-4-2-1-3-9(11)7-10(13(17)18)12-8-15-5-6-16-12/h1-6,8,10H,7H2,(H,17,18). The van der Waals surface area contributed by atoms with E-state index in [4.69, 9.17) is 0 Å². The molecule has 0 bridgehead atoms. The van der Waals surface area contributed by atoms with Crippen molar-refractivity contribution in [1.82, 2.24) is 9.97 Å². The lowest BCUT2D eigenvalue weighted by atomic mass is 9.96. The first-order chi connectivity index (χ1) is 8.68. The van der Waals surface area contributed by atoms with E-state index in [9.17, 15) is 14.3 Å². The summed E-state index contributed by atoms with van der Waals surface area (Å²) in [6, 6.07) is 6.12. The fraction of sp³-hybridized carbons (Fsp3) is 0.154. The van der Waals surface area contributed by atoms with Gasteiger partial charge in [0.2, 0.25) is 0 Å². The van der Waals surface area contributed by atoms with E-state index in [1.165, 1.54) is 24.7 Å². The summed E-state index contributed by atoms with van der Waals surface area (Å²) in [6.07, 6.45) is 4.33. The first kappa shape index (κ1) is 12.2. The largest absolute Gasteiger partial charge is 0.481 e. The third-order valence-electron chi connectivity index (χ3n) is 2.62. The van der Waals surface area contributed by atoms with Crippen LogP contribution in [0.25, 0.3) is 0 Å². The molecule has 0 spiro atoms. The maximum Gasteiger partial charge on any atom is 0.312 e. The molecule has 1 aromatic heterocycles. The Morgan fingerprint density at radius 2 is 2.11 bits per heavy atom. The van der Waals surface area contributed by atoms with Gasteiger partial charge in [-0.1, -0.05) is 18.2 Å². The van der Waals surface area contributed by atoms with Crippen LogP contribution in [-0.2, 0) is 11.2 Å². The van der Waals surface area contributed by atoms with Crippen molar-refractivity contribution in [2.24, 2.45) is 0 Å². The number of hydrogen-bond acceptors (Lipinski definition) is 3. The molecule has 5 heteroatoms. The van der Waals surface area contributed by atoms with Crippen LogP contribution in [0.4, 0.5) is 4.39 Å². The van der Waals surface area contributed by atoms with E-state index in [2.05, 4.69) is 9.97 Å². The van der Waals surface area contributed by atoms with E-state index in [1.54, 1.807) is 18.2 Å². The zero-order valence-corrected chi connectivity index (χ0v) is 9.45. The zero-order valence-electron chi connectivity index (χ0n) is 9.45. The summed E-state index contributed by atoms with van der Waals surface area (Å²) in [7, 11) is 0. The normalized spacial score (nSPS) is 12.1. The lowest BCUT2D eigenvalue weighted by Gasteiger charge is -2.11. The minimum Gasteiger partial charge on any atom is -0.481 e. The van der Waals surface area contributed by atoms with Crippen molar-refractivity contribution in [3.05, 3.63) is 59.9 Å². The predicted molar refractivity (Wildman–Crippen MR) is 62.5 cm³/mol. The number of benzene rings is 1. The van der Waals surface area contributed by atoms with E-state index < -0.39 is 17.7 Å². The quantitative estimate of drug-likeness (QED) is 0.896. The molecule has 0 saturated heterocycles. The molecule has 0 aliphatic rings. The highest BCUT2D eigenvalue weighted by Gasteiger charge is 2.23. The summed E-state index contributed by atoms with van der Waals surface area (Å²) in [5.41, 5.74) is 0.684. The topological polar surface area (TPSA) is 63.1 Å². The van der Waals surface area contributed by atoms with Gasteiger partial charge in [0.1, 0.15) is 11.7 Å². The van der Waals surface area contributed by atoms with Crippen molar-refractivity contribution in [2.75, 3.05) is 0 Å². The molecule has 2 rings (SSSR count). The Labute approximate surface area is 103 Å². The minimum absolute atomic E-state index is 0.0562. The molecule has 2 aromatic rings. The van der Waals surface area contributed by atoms with Crippen molar-refractivity contribution in [3.8, 4) is 0 Å². The van der Waals surface area contributed by atoms with Crippen LogP contribution in [0.1, 0.15) is 17.2 Å². The van der Waals surface area contributed by atoms with Gasteiger partial charge in [0.25, 0.3) is 0 Å². The van der Waals surface area contributed by atoms with Crippen LogP contribution in [0, 0.1) is 5.82 Å². The van der Waals surface area contributed by atoms with E-state index in [0.29, 0.717) is 11.3 Å². The molecule has 1 N–H and O–H groups in total. The first-order valence-electron chi connectivity index (χ1n) is 5.40. The Balaban J connectivity index is 2.28. The predicted octanol–water partition coefficient (Wildman–Crippen LogP) is 2.03. The third-order valence-corrected chi connectivity index (χ3v) is 2.62. The minimum atomic E-state index is -1.04. The summed E-state index contributed by atoms with van der Waals surface area (Å²) in [6.45, 7) is 0. The van der Waals surface area contributed by atoms with E-state index in [-0.39, 0.29) is 6.42 Å². The Morgan fingerprint density at radius 3 is 2.72 bits per heavy atom. The highest BCUT2D eigenvalue weighted by atomic mass is 19.1. The molecular formula is C13H11FN2O2. The number of hydrogen-bond donors (Lipinski definition) is 1. The first-order valence-corrected chi connectivity index (χ1v) is 5.40. The van der Waals surface area contributed by atoms with Crippen LogP contribution in [0.3, 0.4) is 0 Å². The molecule has 0 saturated carbocycles. The highest BCUT2D eigenvalue weighted by molar-refractivity contribution is 5.75. The lowest BCUT2D eigenvalue weighted by Crippen LogP contribution is -2.16. The average molecular weight is 246 g/mol. The van der Waals surface area contributed by atoms with Crippen molar-refractivity contribution >= 4 is 5.97 Å². The summed E-state index contributed by atoms with van der Waals surface area (Å²) < 4.78 is 13.5. The molecular weight excluding hydrogens is 235 g/mol. The molecule has 0 fully saturated rings. The SMILES string of the molecule is O=C(O)C(Cc1ccccc1F)c1cnccn1. The van der Waals surface area contributed by atoms with Gasteiger partial charge in [0.05, 0.1) is 5.69 Å². The van der Waals surface area contributed by atoms with Crippen LogP contribution in [0.5, 0.6) is 0 Å². The molecule has 18 heavy (non-hydrogen) atoms. The maximum absolute atomic E-state index is 13.5. The van der Waals surface area contributed by atoms with Crippen molar-refractivity contribution in [1.29, 1.82) is 0 Å². The van der Waals surface area contributed by atoms with Crippen LogP contribution in [-0.4, -0.2) is 21.0 Å². The van der Waals surface area contributed by atoms with Crippen LogP contribution >= 0.6 is 0 Å². The molecule has 0 aliphatic heterocycles. The molecule has 1 heterocycles. The second-order valence-corrected chi connectivity index (χ2v) is 3.82. The Bertz CT molecular complexity index is 546. The van der Waals surface area contributed by atoms with Gasteiger partial charge >= 0.3 is 5.97 Å². The third kappa shape index (κ3) is 2.68. The number of aromatic nitrogens is 2. The Hall–Kier alpha value is -2.30. The van der Waals surface area contributed by atoms with Crippen molar-refractivity contribution in [3.63, 3.8) is 0 Å². The van der Waals surface area contributed by atoms with Gasteiger partial charge in [-0.15, -0.1) is 0 Å². The summed E-state index contributed by atoms with van der Waals surface area (Å²) in [5, 5.41) is 9.19. The summed E-state index contributed by atoms with van der Waals surface area (Å²) in [5.74, 6) is -2.35. The highest BCUT2D eigenvalue weighted by Crippen LogP contribution is 2.20.